The highest BCUT2D eigenvalue weighted by Gasteiger charge is 2.31. The maximum atomic E-state index is 12.5. The average Bonchev–Trinajstić information content (AvgIpc) is 2.75. The zero-order chi connectivity index (χ0) is 14.0. The van der Waals surface area contributed by atoms with E-state index >= 15 is 0 Å². The number of nitrogens with zero attached hydrogens (tertiary/aromatic N) is 5. The highest BCUT2D eigenvalue weighted by atomic mass is 32.2. The molecule has 2 heterocycles. The van der Waals surface area contributed by atoms with Crippen LogP contribution in [0.25, 0.3) is 0 Å². The minimum atomic E-state index is -3.40. The van der Waals surface area contributed by atoms with Crippen molar-refractivity contribution in [2.24, 2.45) is 13.0 Å². The molecule has 19 heavy (non-hydrogen) atoms. The van der Waals surface area contributed by atoms with Gasteiger partial charge in [0.15, 0.2) is 0 Å². The van der Waals surface area contributed by atoms with Crippen molar-refractivity contribution >= 4 is 10.2 Å². The Morgan fingerprint density at radius 2 is 2.26 bits per heavy atom. The summed E-state index contributed by atoms with van der Waals surface area (Å²) in [5.41, 5.74) is 0. The Bertz CT molecular complexity index is 527. The summed E-state index contributed by atoms with van der Waals surface area (Å²) < 4.78 is 29.4. The number of aryl methyl sites for hydroxylation is 1. The molecule has 2 rings (SSSR count). The molecule has 1 aliphatic heterocycles. The van der Waals surface area contributed by atoms with E-state index in [1.165, 1.54) is 10.6 Å². The van der Waals surface area contributed by atoms with Crippen molar-refractivity contribution in [2.75, 3.05) is 20.1 Å². The first-order valence-electron chi connectivity index (χ1n) is 6.45. The van der Waals surface area contributed by atoms with Crippen molar-refractivity contribution < 1.29 is 8.42 Å². The van der Waals surface area contributed by atoms with Gasteiger partial charge in [-0.2, -0.15) is 22.1 Å². The van der Waals surface area contributed by atoms with Crippen LogP contribution in [-0.2, 0) is 23.8 Å². The molecule has 1 fully saturated rings. The van der Waals surface area contributed by atoms with Gasteiger partial charge in [-0.15, -0.1) is 0 Å². The zero-order valence-corrected chi connectivity index (χ0v) is 12.5. The molecule has 0 radical (unpaired) electrons. The molecule has 0 bridgehead atoms. The van der Waals surface area contributed by atoms with E-state index in [9.17, 15) is 8.42 Å². The molecular weight excluding hydrogens is 266 g/mol. The van der Waals surface area contributed by atoms with Gasteiger partial charge in [-0.1, -0.05) is 6.92 Å². The lowest BCUT2D eigenvalue weighted by Gasteiger charge is -2.32. The Kier molecular flexibility index (Phi) is 4.22. The predicted molar refractivity (Wildman–Crippen MR) is 71.4 cm³/mol. The van der Waals surface area contributed by atoms with Gasteiger partial charge in [0, 0.05) is 27.2 Å². The van der Waals surface area contributed by atoms with E-state index in [-0.39, 0.29) is 6.54 Å². The molecule has 1 saturated heterocycles. The Labute approximate surface area is 114 Å². The van der Waals surface area contributed by atoms with E-state index in [0.29, 0.717) is 24.8 Å². The van der Waals surface area contributed by atoms with Crippen molar-refractivity contribution in [1.29, 1.82) is 0 Å². The lowest BCUT2D eigenvalue weighted by Crippen LogP contribution is -2.46. The molecule has 108 valence electrons. The van der Waals surface area contributed by atoms with Gasteiger partial charge >= 0.3 is 0 Å². The number of aromatic nitrogens is 3. The highest BCUT2D eigenvalue weighted by molar-refractivity contribution is 7.86. The summed E-state index contributed by atoms with van der Waals surface area (Å²) in [6.45, 7) is 3.54. The van der Waals surface area contributed by atoms with E-state index in [4.69, 9.17) is 0 Å². The van der Waals surface area contributed by atoms with Crippen LogP contribution in [-0.4, -0.2) is 51.9 Å². The van der Waals surface area contributed by atoms with Gasteiger partial charge in [0.1, 0.15) is 12.2 Å². The van der Waals surface area contributed by atoms with Gasteiger partial charge in [0.05, 0.1) is 6.54 Å². The van der Waals surface area contributed by atoms with Gasteiger partial charge in [0.25, 0.3) is 10.2 Å². The van der Waals surface area contributed by atoms with Crippen molar-refractivity contribution in [3.8, 4) is 0 Å². The third kappa shape index (κ3) is 3.13. The van der Waals surface area contributed by atoms with E-state index < -0.39 is 10.2 Å². The quantitative estimate of drug-likeness (QED) is 0.794. The molecule has 7 nitrogen and oxygen atoms in total. The minimum Gasteiger partial charge on any atom is -0.252 e. The molecule has 8 heteroatoms. The Morgan fingerprint density at radius 3 is 2.84 bits per heavy atom. The third-order valence-corrected chi connectivity index (χ3v) is 5.41. The Morgan fingerprint density at radius 1 is 1.53 bits per heavy atom. The van der Waals surface area contributed by atoms with E-state index in [2.05, 4.69) is 17.0 Å². The highest BCUT2D eigenvalue weighted by Crippen LogP contribution is 2.20. The first kappa shape index (κ1) is 14.4. The van der Waals surface area contributed by atoms with E-state index in [1.807, 2.05) is 0 Å². The van der Waals surface area contributed by atoms with Crippen LogP contribution >= 0.6 is 0 Å². The first-order valence-corrected chi connectivity index (χ1v) is 7.85. The average molecular weight is 287 g/mol. The molecule has 1 atom stereocenters. The standard InChI is InChI=1S/C11H21N5O2S/c1-10-5-4-6-16(7-10)19(17,18)14(2)8-11-12-9-13-15(11)3/h9-10H,4-8H2,1-3H3. The second-order valence-corrected chi connectivity index (χ2v) is 7.20. The van der Waals surface area contributed by atoms with Crippen LogP contribution in [0.5, 0.6) is 0 Å². The number of hydrogen-bond donors (Lipinski definition) is 0. The normalized spacial score (nSPS) is 22.0. The van der Waals surface area contributed by atoms with Gasteiger partial charge in [0.2, 0.25) is 0 Å². The summed E-state index contributed by atoms with van der Waals surface area (Å²) in [7, 11) is -0.0599. The fourth-order valence-electron chi connectivity index (χ4n) is 2.30. The summed E-state index contributed by atoms with van der Waals surface area (Å²) in [5.74, 6) is 1.06. The molecule has 0 saturated carbocycles. The summed E-state index contributed by atoms with van der Waals surface area (Å²) in [6.07, 6.45) is 3.45. The van der Waals surface area contributed by atoms with Crippen LogP contribution in [0.1, 0.15) is 25.6 Å². The first-order chi connectivity index (χ1) is 8.91. The Balaban J connectivity index is 2.08. The van der Waals surface area contributed by atoms with Crippen LogP contribution in [0.15, 0.2) is 6.33 Å². The summed E-state index contributed by atoms with van der Waals surface area (Å²) in [6, 6.07) is 0. The van der Waals surface area contributed by atoms with E-state index in [0.717, 1.165) is 12.8 Å². The van der Waals surface area contributed by atoms with E-state index in [1.54, 1.807) is 23.1 Å². The van der Waals surface area contributed by atoms with Crippen LogP contribution < -0.4 is 0 Å². The molecule has 1 unspecified atom stereocenters. The maximum absolute atomic E-state index is 12.5. The lowest BCUT2D eigenvalue weighted by atomic mass is 10.0. The molecule has 0 aliphatic carbocycles. The molecule has 1 aliphatic rings. The fraction of sp³-hybridized carbons (Fsp3) is 0.818. The predicted octanol–water partition coefficient (Wildman–Crippen LogP) is 0.224. The van der Waals surface area contributed by atoms with Gasteiger partial charge in [-0.25, -0.2) is 4.98 Å². The third-order valence-electron chi connectivity index (χ3n) is 3.51. The largest absolute Gasteiger partial charge is 0.282 e. The molecule has 0 amide bonds. The van der Waals surface area contributed by atoms with Crippen molar-refractivity contribution in [2.45, 2.75) is 26.3 Å². The molecule has 0 N–H and O–H groups in total. The number of rotatable bonds is 4. The van der Waals surface area contributed by atoms with Crippen molar-refractivity contribution in [1.82, 2.24) is 23.4 Å². The maximum Gasteiger partial charge on any atom is 0.282 e. The van der Waals surface area contributed by atoms with Crippen LogP contribution in [0.2, 0.25) is 0 Å². The molecular formula is C11H21N5O2S. The molecule has 1 aromatic heterocycles. The molecule has 0 spiro atoms. The minimum absolute atomic E-state index is 0.240. The van der Waals surface area contributed by atoms with Crippen LogP contribution in [0.3, 0.4) is 0 Å². The summed E-state index contributed by atoms with van der Waals surface area (Å²) >= 11 is 0. The lowest BCUT2D eigenvalue weighted by molar-refractivity contribution is 0.261. The topological polar surface area (TPSA) is 71.3 Å². The van der Waals surface area contributed by atoms with Crippen LogP contribution in [0, 0.1) is 5.92 Å². The second-order valence-electron chi connectivity index (χ2n) is 5.17. The number of piperidine rings is 1. The Hall–Kier alpha value is -0.990. The van der Waals surface area contributed by atoms with Crippen LogP contribution in [0.4, 0.5) is 0 Å². The van der Waals surface area contributed by atoms with Gasteiger partial charge in [-0.05, 0) is 18.8 Å². The number of hydrogen-bond acceptors (Lipinski definition) is 4. The fourth-order valence-corrected chi connectivity index (χ4v) is 3.77. The van der Waals surface area contributed by atoms with Gasteiger partial charge in [-0.3, -0.25) is 4.68 Å². The van der Waals surface area contributed by atoms with Crippen molar-refractivity contribution in [3.05, 3.63) is 12.2 Å². The summed E-state index contributed by atoms with van der Waals surface area (Å²) in [5, 5.41) is 3.95. The zero-order valence-electron chi connectivity index (χ0n) is 11.7. The smallest absolute Gasteiger partial charge is 0.252 e. The summed E-state index contributed by atoms with van der Waals surface area (Å²) in [4.78, 5) is 4.06. The van der Waals surface area contributed by atoms with Crippen molar-refractivity contribution in [3.63, 3.8) is 0 Å². The monoisotopic (exact) mass is 287 g/mol. The SMILES string of the molecule is CC1CCCN(S(=O)(=O)N(C)Cc2ncnn2C)C1. The molecule has 1 aromatic rings. The van der Waals surface area contributed by atoms with Gasteiger partial charge < -0.3 is 0 Å². The second kappa shape index (κ2) is 5.56. The molecule has 0 aromatic carbocycles.